The normalized spacial score (nSPS) is 29.5. The minimum atomic E-state index is -1.28. The maximum Gasteiger partial charge on any atom is 0.338 e. The van der Waals surface area contributed by atoms with Gasteiger partial charge in [-0.05, 0) is 31.5 Å². The molecule has 0 unspecified atom stereocenters. The minimum absolute atomic E-state index is 0.0657. The van der Waals surface area contributed by atoms with Crippen molar-refractivity contribution in [2.24, 2.45) is 0 Å². The first-order valence-corrected chi connectivity index (χ1v) is 9.96. The molecule has 7 nitrogen and oxygen atoms in total. The first-order valence-electron chi connectivity index (χ1n) is 9.96. The van der Waals surface area contributed by atoms with Gasteiger partial charge >= 0.3 is 5.97 Å². The number of ether oxygens (including phenoxy) is 5. The van der Waals surface area contributed by atoms with Crippen LogP contribution in [0.25, 0.3) is 0 Å². The highest BCUT2D eigenvalue weighted by Gasteiger charge is 2.65. The summed E-state index contributed by atoms with van der Waals surface area (Å²) < 4.78 is 29.1. The Bertz CT molecular complexity index is 854. The molecule has 0 bridgehead atoms. The number of aliphatic hydroxyl groups excluding tert-OH is 1. The van der Waals surface area contributed by atoms with E-state index in [9.17, 15) is 9.90 Å². The van der Waals surface area contributed by atoms with Crippen LogP contribution in [0.15, 0.2) is 60.7 Å². The molecular weight excluding hydrogens is 388 g/mol. The number of rotatable bonds is 7. The van der Waals surface area contributed by atoms with Crippen LogP contribution in [-0.2, 0) is 30.3 Å². The summed E-state index contributed by atoms with van der Waals surface area (Å²) in [5, 5.41) is 10.8. The number of carbonyl (C=O) groups is 1. The van der Waals surface area contributed by atoms with Gasteiger partial charge in [0.15, 0.2) is 5.79 Å². The lowest BCUT2D eigenvalue weighted by Crippen LogP contribution is -2.44. The number of carbonyl (C=O) groups excluding carboxylic acids is 1. The van der Waals surface area contributed by atoms with E-state index in [4.69, 9.17) is 23.7 Å². The van der Waals surface area contributed by atoms with Gasteiger partial charge in [-0.15, -0.1) is 0 Å². The molecule has 2 aliphatic heterocycles. The minimum Gasteiger partial charge on any atom is -0.459 e. The third-order valence-corrected chi connectivity index (χ3v) is 5.11. The zero-order valence-corrected chi connectivity index (χ0v) is 17.0. The predicted molar refractivity (Wildman–Crippen MR) is 106 cm³/mol. The summed E-state index contributed by atoms with van der Waals surface area (Å²) in [7, 11) is 0. The summed E-state index contributed by atoms with van der Waals surface area (Å²) in [6.45, 7) is 3.82. The fourth-order valence-corrected chi connectivity index (χ4v) is 3.81. The van der Waals surface area contributed by atoms with Crippen molar-refractivity contribution in [2.45, 2.75) is 50.3 Å². The number of hydrogen-bond donors (Lipinski definition) is 1. The first-order chi connectivity index (χ1) is 14.4. The molecule has 2 aromatic rings. The fraction of sp³-hybridized carbons (Fsp3) is 0.435. The molecule has 0 spiro atoms. The summed E-state index contributed by atoms with van der Waals surface area (Å²) in [5.41, 5.74) is 1.44. The van der Waals surface area contributed by atoms with Gasteiger partial charge in [-0.2, -0.15) is 0 Å². The monoisotopic (exact) mass is 414 g/mol. The second-order valence-electron chi connectivity index (χ2n) is 7.94. The quantitative estimate of drug-likeness (QED) is 0.698. The second-order valence-corrected chi connectivity index (χ2v) is 7.94. The van der Waals surface area contributed by atoms with Gasteiger partial charge in [-0.3, -0.25) is 0 Å². The Morgan fingerprint density at radius 3 is 2.40 bits per heavy atom. The molecule has 0 amide bonds. The van der Waals surface area contributed by atoms with Crippen LogP contribution >= 0.6 is 0 Å². The molecule has 160 valence electrons. The molecule has 2 aliphatic rings. The Morgan fingerprint density at radius 1 is 1.03 bits per heavy atom. The van der Waals surface area contributed by atoms with E-state index < -0.39 is 35.9 Å². The Labute approximate surface area is 175 Å². The van der Waals surface area contributed by atoms with Crippen molar-refractivity contribution in [1.29, 1.82) is 0 Å². The highest BCUT2D eigenvalue weighted by molar-refractivity contribution is 5.89. The second kappa shape index (κ2) is 8.45. The molecule has 4 rings (SSSR count). The van der Waals surface area contributed by atoms with Crippen LogP contribution < -0.4 is 0 Å². The van der Waals surface area contributed by atoms with Crippen molar-refractivity contribution in [3.8, 4) is 0 Å². The average Bonchev–Trinajstić information content (AvgIpc) is 3.15. The van der Waals surface area contributed by atoms with E-state index in [1.807, 2.05) is 36.4 Å². The van der Waals surface area contributed by atoms with Crippen LogP contribution in [0, 0.1) is 0 Å². The highest BCUT2D eigenvalue weighted by Crippen LogP contribution is 2.45. The van der Waals surface area contributed by atoms with Gasteiger partial charge in [-0.25, -0.2) is 4.79 Å². The zero-order chi connectivity index (χ0) is 21.2. The van der Waals surface area contributed by atoms with Gasteiger partial charge in [-0.1, -0.05) is 48.5 Å². The first kappa shape index (κ1) is 21.0. The molecule has 0 aliphatic carbocycles. The Balaban J connectivity index is 1.40. The maximum absolute atomic E-state index is 12.2. The highest BCUT2D eigenvalue weighted by atomic mass is 16.9. The van der Waals surface area contributed by atoms with Gasteiger partial charge in [0, 0.05) is 0 Å². The number of benzene rings is 2. The van der Waals surface area contributed by atoms with Crippen molar-refractivity contribution in [1.82, 2.24) is 0 Å². The summed E-state index contributed by atoms with van der Waals surface area (Å²) in [6, 6.07) is 18.4. The topological polar surface area (TPSA) is 83.5 Å². The zero-order valence-electron chi connectivity index (χ0n) is 17.0. The molecular formula is C23H26O7. The standard InChI is InChI=1S/C23H26O7/c1-22(2)29-20-19(24)18(14-27-21(25)17-11-7-4-8-12-17)28-23(20,30-22)15-26-13-16-9-5-3-6-10-16/h3-12,18-20,24H,13-15H2,1-2H3/t18-,19+,20-,23-/m0/s1. The van der Waals surface area contributed by atoms with E-state index in [0.717, 1.165) is 5.56 Å². The molecule has 0 aromatic heterocycles. The van der Waals surface area contributed by atoms with E-state index in [2.05, 4.69) is 0 Å². The maximum atomic E-state index is 12.2. The van der Waals surface area contributed by atoms with Gasteiger partial charge in [0.25, 0.3) is 0 Å². The number of aliphatic hydroxyl groups is 1. The SMILES string of the molecule is CC1(C)O[C@H]2[C@H](O)[C@H](COC(=O)c3ccccc3)O[C@@]2(COCc2ccccc2)O1. The molecule has 30 heavy (non-hydrogen) atoms. The molecule has 0 saturated carbocycles. The van der Waals surface area contributed by atoms with Crippen molar-refractivity contribution in [3.63, 3.8) is 0 Å². The summed E-state index contributed by atoms with van der Waals surface area (Å²) in [5.74, 6) is -2.70. The van der Waals surface area contributed by atoms with Crippen LogP contribution in [0.1, 0.15) is 29.8 Å². The Hall–Kier alpha value is -2.29. The number of fused-ring (bicyclic) bond motifs is 1. The van der Waals surface area contributed by atoms with E-state index >= 15 is 0 Å². The lowest BCUT2D eigenvalue weighted by atomic mass is 10.1. The van der Waals surface area contributed by atoms with Crippen molar-refractivity contribution >= 4 is 5.97 Å². The van der Waals surface area contributed by atoms with Gasteiger partial charge in [0.05, 0.1) is 12.2 Å². The third-order valence-electron chi connectivity index (χ3n) is 5.11. The molecule has 7 heteroatoms. The lowest BCUT2D eigenvalue weighted by molar-refractivity contribution is -0.281. The molecule has 4 atom stereocenters. The lowest BCUT2D eigenvalue weighted by Gasteiger charge is -2.28. The van der Waals surface area contributed by atoms with Crippen LogP contribution in [-0.4, -0.2) is 54.2 Å². The average molecular weight is 414 g/mol. The molecule has 2 aromatic carbocycles. The smallest absolute Gasteiger partial charge is 0.338 e. The van der Waals surface area contributed by atoms with Gasteiger partial charge in [0.2, 0.25) is 5.79 Å². The Morgan fingerprint density at radius 2 is 1.70 bits per heavy atom. The Kier molecular flexibility index (Phi) is 5.90. The largest absolute Gasteiger partial charge is 0.459 e. The van der Waals surface area contributed by atoms with E-state index in [1.54, 1.807) is 38.1 Å². The van der Waals surface area contributed by atoms with Crippen LogP contribution in [0.2, 0.25) is 0 Å². The van der Waals surface area contributed by atoms with Crippen molar-refractivity contribution in [3.05, 3.63) is 71.8 Å². The van der Waals surface area contributed by atoms with E-state index in [-0.39, 0.29) is 13.2 Å². The molecule has 1 N–H and O–H groups in total. The molecule has 2 heterocycles. The third kappa shape index (κ3) is 4.40. The molecule has 2 fully saturated rings. The fourth-order valence-electron chi connectivity index (χ4n) is 3.81. The molecule has 0 radical (unpaired) electrons. The van der Waals surface area contributed by atoms with Gasteiger partial charge < -0.3 is 28.8 Å². The van der Waals surface area contributed by atoms with Crippen LogP contribution in [0.3, 0.4) is 0 Å². The number of hydrogen-bond acceptors (Lipinski definition) is 7. The van der Waals surface area contributed by atoms with Crippen LogP contribution in [0.4, 0.5) is 0 Å². The number of esters is 1. The predicted octanol–water partition coefficient (Wildman–Crippen LogP) is 2.67. The summed E-state index contributed by atoms with van der Waals surface area (Å²) in [4.78, 5) is 12.2. The van der Waals surface area contributed by atoms with E-state index in [1.165, 1.54) is 0 Å². The van der Waals surface area contributed by atoms with E-state index in [0.29, 0.717) is 12.2 Å². The molecule has 2 saturated heterocycles. The van der Waals surface area contributed by atoms with Crippen LogP contribution in [0.5, 0.6) is 0 Å². The van der Waals surface area contributed by atoms with Gasteiger partial charge in [0.1, 0.15) is 31.5 Å². The van der Waals surface area contributed by atoms with Crippen molar-refractivity contribution < 1.29 is 33.6 Å². The van der Waals surface area contributed by atoms with Crippen molar-refractivity contribution in [2.75, 3.05) is 13.2 Å². The summed E-state index contributed by atoms with van der Waals surface area (Å²) >= 11 is 0. The summed E-state index contributed by atoms with van der Waals surface area (Å²) in [6.07, 6.45) is -2.58.